The van der Waals surface area contributed by atoms with Crippen LogP contribution in [-0.2, 0) is 4.79 Å². The molecule has 29 heavy (non-hydrogen) atoms. The van der Waals surface area contributed by atoms with E-state index in [4.69, 9.17) is 9.47 Å². The Hall–Kier alpha value is -2.88. The Morgan fingerprint density at radius 3 is 2.03 bits per heavy atom. The lowest BCUT2D eigenvalue weighted by atomic mass is 10.1. The van der Waals surface area contributed by atoms with E-state index in [1.54, 1.807) is 30.3 Å². The monoisotopic (exact) mass is 394 g/mol. The van der Waals surface area contributed by atoms with E-state index >= 15 is 0 Å². The lowest BCUT2D eigenvalue weighted by molar-refractivity contribution is -0.128. The van der Waals surface area contributed by atoms with Crippen molar-refractivity contribution < 1.29 is 19.1 Å². The van der Waals surface area contributed by atoms with Crippen LogP contribution in [-0.4, -0.2) is 18.9 Å². The lowest BCUT2D eigenvalue weighted by Crippen LogP contribution is -2.03. The van der Waals surface area contributed by atoms with Crippen molar-refractivity contribution in [2.75, 3.05) is 6.61 Å². The highest BCUT2D eigenvalue weighted by molar-refractivity contribution is 5.88. The molecular formula is C25H30O4. The van der Waals surface area contributed by atoms with Crippen LogP contribution in [0.3, 0.4) is 0 Å². The maximum Gasteiger partial charge on any atom is 0.336 e. The third-order valence-electron chi connectivity index (χ3n) is 4.54. The van der Waals surface area contributed by atoms with E-state index in [0.29, 0.717) is 11.3 Å². The summed E-state index contributed by atoms with van der Waals surface area (Å²) in [4.78, 5) is 22.5. The minimum Gasteiger partial charge on any atom is -0.494 e. The van der Waals surface area contributed by atoms with Gasteiger partial charge >= 0.3 is 5.97 Å². The van der Waals surface area contributed by atoms with Crippen molar-refractivity contribution in [3.05, 3.63) is 65.7 Å². The second-order valence-corrected chi connectivity index (χ2v) is 6.98. The summed E-state index contributed by atoms with van der Waals surface area (Å²) >= 11 is 0. The average Bonchev–Trinajstić information content (AvgIpc) is 2.75. The largest absolute Gasteiger partial charge is 0.494 e. The summed E-state index contributed by atoms with van der Waals surface area (Å²) in [6, 6.07) is 14.0. The highest BCUT2D eigenvalue weighted by Gasteiger charge is 2.01. The Kier molecular flexibility index (Phi) is 10.3. The Balaban J connectivity index is 1.68. The van der Waals surface area contributed by atoms with Gasteiger partial charge in [-0.15, -0.1) is 0 Å². The van der Waals surface area contributed by atoms with E-state index in [1.807, 2.05) is 24.3 Å². The molecule has 154 valence electrons. The van der Waals surface area contributed by atoms with Crippen LogP contribution in [0, 0.1) is 0 Å². The van der Waals surface area contributed by atoms with Gasteiger partial charge < -0.3 is 9.47 Å². The van der Waals surface area contributed by atoms with Gasteiger partial charge in [-0.25, -0.2) is 4.79 Å². The van der Waals surface area contributed by atoms with Crippen molar-refractivity contribution in [2.24, 2.45) is 0 Å². The standard InChI is InChI=1S/C25H30O4/c1-2-3-4-5-6-7-8-19-28-23-14-9-21(10-15-23)13-18-25(27)29-24-16-11-22(20-26)12-17-24/h9-18,20H,2-8,19H2,1H3/b18-13+. The Bertz CT molecular complexity index is 760. The topological polar surface area (TPSA) is 52.6 Å². The maximum absolute atomic E-state index is 11.9. The van der Waals surface area contributed by atoms with Crippen LogP contribution in [0.2, 0.25) is 0 Å². The SMILES string of the molecule is CCCCCCCCCOc1ccc(/C=C/C(=O)Oc2ccc(C=O)cc2)cc1. The first-order chi connectivity index (χ1) is 14.2. The Morgan fingerprint density at radius 1 is 0.793 bits per heavy atom. The molecule has 0 aliphatic heterocycles. The van der Waals surface area contributed by atoms with Gasteiger partial charge in [0.15, 0.2) is 0 Å². The summed E-state index contributed by atoms with van der Waals surface area (Å²) in [6.45, 7) is 2.97. The van der Waals surface area contributed by atoms with Crippen LogP contribution in [0.5, 0.6) is 11.5 Å². The van der Waals surface area contributed by atoms with Gasteiger partial charge in [-0.2, -0.15) is 0 Å². The van der Waals surface area contributed by atoms with Crippen LogP contribution in [0.15, 0.2) is 54.6 Å². The van der Waals surface area contributed by atoms with Crippen LogP contribution in [0.25, 0.3) is 6.08 Å². The van der Waals surface area contributed by atoms with E-state index < -0.39 is 5.97 Å². The van der Waals surface area contributed by atoms with Gasteiger partial charge in [0.1, 0.15) is 17.8 Å². The lowest BCUT2D eigenvalue weighted by Gasteiger charge is -2.06. The van der Waals surface area contributed by atoms with E-state index in [0.717, 1.165) is 30.6 Å². The first kappa shape index (κ1) is 22.4. The molecular weight excluding hydrogens is 364 g/mol. The molecule has 2 rings (SSSR count). The molecule has 0 saturated heterocycles. The van der Waals surface area contributed by atoms with Gasteiger partial charge in [0, 0.05) is 11.6 Å². The first-order valence-electron chi connectivity index (χ1n) is 10.4. The average molecular weight is 395 g/mol. The van der Waals surface area contributed by atoms with Crippen LogP contribution in [0.4, 0.5) is 0 Å². The summed E-state index contributed by atoms with van der Waals surface area (Å²) in [6.07, 6.45) is 12.7. The van der Waals surface area contributed by atoms with Gasteiger partial charge in [-0.3, -0.25) is 4.79 Å². The molecule has 0 atom stereocenters. The fourth-order valence-corrected chi connectivity index (χ4v) is 2.85. The number of hydrogen-bond acceptors (Lipinski definition) is 4. The number of carbonyl (C=O) groups is 2. The van der Waals surface area contributed by atoms with Crippen LogP contribution >= 0.6 is 0 Å². The molecule has 0 aliphatic rings. The molecule has 0 aromatic heterocycles. The zero-order chi connectivity index (χ0) is 20.7. The van der Waals surface area contributed by atoms with E-state index in [1.165, 1.54) is 44.6 Å². The number of rotatable bonds is 13. The Morgan fingerprint density at radius 2 is 1.38 bits per heavy atom. The number of unbranched alkanes of at least 4 members (excludes halogenated alkanes) is 6. The molecule has 0 unspecified atom stereocenters. The zero-order valence-corrected chi connectivity index (χ0v) is 17.1. The maximum atomic E-state index is 11.9. The second kappa shape index (κ2) is 13.3. The third-order valence-corrected chi connectivity index (χ3v) is 4.54. The van der Waals surface area contributed by atoms with Gasteiger partial charge in [0.2, 0.25) is 0 Å². The molecule has 0 saturated carbocycles. The molecule has 2 aromatic carbocycles. The fraction of sp³-hybridized carbons (Fsp3) is 0.360. The van der Waals surface area contributed by atoms with Crippen molar-refractivity contribution in [2.45, 2.75) is 51.9 Å². The fourth-order valence-electron chi connectivity index (χ4n) is 2.85. The normalized spacial score (nSPS) is 10.8. The molecule has 0 N–H and O–H groups in total. The number of esters is 1. The van der Waals surface area contributed by atoms with Crippen molar-refractivity contribution in [3.63, 3.8) is 0 Å². The molecule has 0 fully saturated rings. The third kappa shape index (κ3) is 9.24. The molecule has 0 spiro atoms. The van der Waals surface area contributed by atoms with E-state index in [2.05, 4.69) is 6.92 Å². The van der Waals surface area contributed by atoms with Crippen molar-refractivity contribution in [1.29, 1.82) is 0 Å². The smallest absolute Gasteiger partial charge is 0.336 e. The molecule has 0 amide bonds. The van der Waals surface area contributed by atoms with E-state index in [9.17, 15) is 9.59 Å². The van der Waals surface area contributed by atoms with Gasteiger partial charge in [0.05, 0.1) is 6.61 Å². The quantitative estimate of drug-likeness (QED) is 0.132. The molecule has 2 aromatic rings. The van der Waals surface area contributed by atoms with E-state index in [-0.39, 0.29) is 0 Å². The highest BCUT2D eigenvalue weighted by Crippen LogP contribution is 2.15. The molecule has 0 aliphatic carbocycles. The molecule has 4 heteroatoms. The Labute approximate surface area is 173 Å². The van der Waals surface area contributed by atoms with Gasteiger partial charge in [-0.1, -0.05) is 57.6 Å². The van der Waals surface area contributed by atoms with Crippen molar-refractivity contribution in [3.8, 4) is 11.5 Å². The summed E-state index contributed by atoms with van der Waals surface area (Å²) < 4.78 is 11.0. The summed E-state index contributed by atoms with van der Waals surface area (Å²) in [7, 11) is 0. The minimum atomic E-state index is -0.469. The minimum absolute atomic E-state index is 0.402. The number of ether oxygens (including phenoxy) is 2. The molecule has 4 nitrogen and oxygen atoms in total. The predicted molar refractivity (Wildman–Crippen MR) is 116 cm³/mol. The summed E-state index contributed by atoms with van der Waals surface area (Å²) in [5.74, 6) is 0.772. The number of benzene rings is 2. The summed E-state index contributed by atoms with van der Waals surface area (Å²) in [5, 5.41) is 0. The molecule has 0 bridgehead atoms. The van der Waals surface area contributed by atoms with Gasteiger partial charge in [-0.05, 0) is 54.5 Å². The molecule has 0 radical (unpaired) electrons. The first-order valence-corrected chi connectivity index (χ1v) is 10.4. The summed E-state index contributed by atoms with van der Waals surface area (Å²) in [5.41, 5.74) is 1.43. The predicted octanol–water partition coefficient (Wildman–Crippen LogP) is 6.25. The van der Waals surface area contributed by atoms with Gasteiger partial charge in [0.25, 0.3) is 0 Å². The molecule has 0 heterocycles. The number of carbonyl (C=O) groups excluding carboxylic acids is 2. The second-order valence-electron chi connectivity index (χ2n) is 6.98. The van der Waals surface area contributed by atoms with Crippen molar-refractivity contribution >= 4 is 18.3 Å². The number of aldehydes is 1. The van der Waals surface area contributed by atoms with Crippen LogP contribution < -0.4 is 9.47 Å². The highest BCUT2D eigenvalue weighted by atomic mass is 16.5. The van der Waals surface area contributed by atoms with Crippen molar-refractivity contribution in [1.82, 2.24) is 0 Å². The zero-order valence-electron chi connectivity index (χ0n) is 17.1. The number of hydrogen-bond donors (Lipinski definition) is 0. The van der Waals surface area contributed by atoms with Crippen LogP contribution in [0.1, 0.15) is 67.8 Å².